The number of rotatable bonds is 7. The molecule has 5 saturated carbocycles. The van der Waals surface area contributed by atoms with Crippen LogP contribution in [0.15, 0.2) is 0 Å². The fourth-order valence-electron chi connectivity index (χ4n) is 14.9. The van der Waals surface area contributed by atoms with Gasteiger partial charge in [-0.3, -0.25) is 0 Å². The lowest BCUT2D eigenvalue weighted by Gasteiger charge is -2.65. The van der Waals surface area contributed by atoms with E-state index < -0.39 is 96.8 Å². The Labute approximate surface area is 324 Å². The summed E-state index contributed by atoms with van der Waals surface area (Å²) in [4.78, 5) is 0. The molecule has 316 valence electrons. The Morgan fingerprint density at radius 2 is 1.40 bits per heavy atom. The summed E-state index contributed by atoms with van der Waals surface area (Å²) in [6.07, 6.45) is -7.48. The summed E-state index contributed by atoms with van der Waals surface area (Å²) in [5.74, 6) is -0.215. The molecule has 8 fully saturated rings. The van der Waals surface area contributed by atoms with Gasteiger partial charge >= 0.3 is 0 Å². The standard InChI is InChI=1S/C41H68O14/c1-35(2)24(54-33-29(48)26(45)20(44)17-51-33)9-11-41-18-40(41)13-12-37(5)31(39(7)10-8-25(55-39)36(3,4)50)19(43)15-38(37,6)23(40)14-21(32(35)41)52-34-30(49)28(47)27(46)22(16-42)53-34/h19-34,42-50H,8-18H2,1-7H3/t19-,20+,21-,22+,23-,24-,25-,26-,27+,28-,29+,30+,31?,32-,33-,34+,37+,38-,39+,40-,41?/m0/s1. The molecule has 5 aliphatic carbocycles. The van der Waals surface area contributed by atoms with Crippen LogP contribution in [-0.4, -0.2) is 150 Å². The molecule has 8 rings (SSSR count). The number of fused-ring (bicyclic) bond motifs is 2. The van der Waals surface area contributed by atoms with Crippen LogP contribution in [0.5, 0.6) is 0 Å². The minimum absolute atomic E-state index is 0.0633. The number of ether oxygens (including phenoxy) is 5. The first kappa shape index (κ1) is 41.2. The van der Waals surface area contributed by atoms with Crippen LogP contribution in [0.4, 0.5) is 0 Å². The van der Waals surface area contributed by atoms with E-state index >= 15 is 0 Å². The summed E-state index contributed by atoms with van der Waals surface area (Å²) in [5, 5.41) is 97.2. The first-order valence-electron chi connectivity index (χ1n) is 20.9. The van der Waals surface area contributed by atoms with Crippen LogP contribution in [0.1, 0.15) is 106 Å². The van der Waals surface area contributed by atoms with Gasteiger partial charge in [-0.25, -0.2) is 0 Å². The summed E-state index contributed by atoms with van der Waals surface area (Å²) in [5.41, 5.74) is -3.16. The average molecular weight is 785 g/mol. The SMILES string of the molecule is CC(C)(O)[C@@H]1CC[C@](C)(C2[C@@H](O)C[C@@]3(C)[C@@H]4C[C@H](O[C@@H]5O[C@H](CO)[C@@H](O)[C@H](O)[C@H]5O)[C@H]5C(C)(C)[C@@H](O[C@@H]6OC[C@@H](O)[C@H](O)[C@H]6O)CCC56C[C@@]46CC[C@]23C)O1. The van der Waals surface area contributed by atoms with Crippen molar-refractivity contribution in [2.75, 3.05) is 13.2 Å². The molecule has 55 heavy (non-hydrogen) atoms. The van der Waals surface area contributed by atoms with E-state index in [-0.39, 0.29) is 52.1 Å². The molecule has 14 nitrogen and oxygen atoms in total. The van der Waals surface area contributed by atoms with Gasteiger partial charge in [-0.1, -0.05) is 27.7 Å². The van der Waals surface area contributed by atoms with Crippen molar-refractivity contribution in [3.8, 4) is 0 Å². The zero-order valence-corrected chi connectivity index (χ0v) is 33.6. The van der Waals surface area contributed by atoms with Gasteiger partial charge in [0, 0.05) is 5.92 Å². The molecule has 2 unspecified atom stereocenters. The molecule has 2 spiro atoms. The van der Waals surface area contributed by atoms with Gasteiger partial charge in [-0.2, -0.15) is 0 Å². The van der Waals surface area contributed by atoms with Crippen molar-refractivity contribution in [3.05, 3.63) is 0 Å². The zero-order valence-electron chi connectivity index (χ0n) is 33.6. The molecule has 0 bridgehead atoms. The van der Waals surface area contributed by atoms with E-state index in [1.165, 1.54) is 0 Å². The van der Waals surface area contributed by atoms with Gasteiger partial charge < -0.3 is 69.6 Å². The van der Waals surface area contributed by atoms with Crippen LogP contribution in [0.3, 0.4) is 0 Å². The highest BCUT2D eigenvalue weighted by Crippen LogP contribution is 2.89. The second kappa shape index (κ2) is 13.2. The van der Waals surface area contributed by atoms with E-state index in [0.29, 0.717) is 25.7 Å². The number of hydrogen-bond acceptors (Lipinski definition) is 14. The summed E-state index contributed by atoms with van der Waals surface area (Å²) >= 11 is 0. The summed E-state index contributed by atoms with van der Waals surface area (Å²) in [6, 6.07) is 0. The van der Waals surface area contributed by atoms with E-state index in [1.807, 2.05) is 0 Å². The Balaban J connectivity index is 1.15. The molecule has 0 radical (unpaired) electrons. The van der Waals surface area contributed by atoms with Crippen molar-refractivity contribution >= 4 is 0 Å². The van der Waals surface area contributed by atoms with Gasteiger partial charge in [-0.15, -0.1) is 0 Å². The third kappa shape index (κ3) is 5.70. The summed E-state index contributed by atoms with van der Waals surface area (Å²) < 4.78 is 31.9. The van der Waals surface area contributed by atoms with E-state index in [4.69, 9.17) is 23.7 Å². The summed E-state index contributed by atoms with van der Waals surface area (Å²) in [6.45, 7) is 13.8. The Morgan fingerprint density at radius 1 is 0.709 bits per heavy atom. The van der Waals surface area contributed by atoms with Crippen LogP contribution in [-0.2, 0) is 23.7 Å². The predicted octanol–water partition coefficient (Wildman–Crippen LogP) is 0.724. The number of hydrogen-bond donors (Lipinski definition) is 9. The monoisotopic (exact) mass is 784 g/mol. The van der Waals surface area contributed by atoms with Crippen molar-refractivity contribution in [1.29, 1.82) is 0 Å². The highest BCUT2D eigenvalue weighted by atomic mass is 16.7. The molecule has 8 aliphatic rings. The minimum atomic E-state index is -1.60. The van der Waals surface area contributed by atoms with Crippen molar-refractivity contribution in [3.63, 3.8) is 0 Å². The Hall–Kier alpha value is -0.560. The molecular formula is C41H68O14. The quantitative estimate of drug-likeness (QED) is 0.162. The number of aliphatic hydroxyl groups excluding tert-OH is 8. The van der Waals surface area contributed by atoms with E-state index in [9.17, 15) is 46.0 Å². The predicted molar refractivity (Wildman–Crippen MR) is 194 cm³/mol. The third-order valence-corrected chi connectivity index (χ3v) is 17.6. The molecule has 9 N–H and O–H groups in total. The molecular weight excluding hydrogens is 716 g/mol. The second-order valence-corrected chi connectivity index (χ2v) is 21.1. The maximum atomic E-state index is 12.2. The van der Waals surface area contributed by atoms with Crippen molar-refractivity contribution in [2.24, 2.45) is 44.8 Å². The Bertz CT molecular complexity index is 1460. The maximum absolute atomic E-state index is 12.2. The van der Waals surface area contributed by atoms with Crippen molar-refractivity contribution in [2.45, 2.75) is 197 Å². The first-order valence-corrected chi connectivity index (χ1v) is 20.9. The highest BCUT2D eigenvalue weighted by molar-refractivity contribution is 5.33. The average Bonchev–Trinajstić information content (AvgIpc) is 3.47. The lowest BCUT2D eigenvalue weighted by atomic mass is 9.41. The smallest absolute Gasteiger partial charge is 0.186 e. The maximum Gasteiger partial charge on any atom is 0.186 e. The van der Waals surface area contributed by atoms with Gasteiger partial charge in [0.1, 0.15) is 42.7 Å². The molecule has 0 aromatic carbocycles. The fourth-order valence-corrected chi connectivity index (χ4v) is 14.9. The fraction of sp³-hybridized carbons (Fsp3) is 1.00. The van der Waals surface area contributed by atoms with E-state index in [2.05, 4.69) is 34.6 Å². The largest absolute Gasteiger partial charge is 0.394 e. The van der Waals surface area contributed by atoms with Gasteiger partial charge in [0.2, 0.25) is 0 Å². The van der Waals surface area contributed by atoms with Gasteiger partial charge in [0.15, 0.2) is 12.6 Å². The molecule has 14 heteroatoms. The van der Waals surface area contributed by atoms with Crippen LogP contribution in [0.2, 0.25) is 0 Å². The molecule has 0 aromatic rings. The van der Waals surface area contributed by atoms with Crippen LogP contribution >= 0.6 is 0 Å². The van der Waals surface area contributed by atoms with Gasteiger partial charge in [-0.05, 0) is 117 Å². The molecule has 3 heterocycles. The van der Waals surface area contributed by atoms with E-state index in [0.717, 1.165) is 32.1 Å². The van der Waals surface area contributed by atoms with Crippen molar-refractivity contribution in [1.82, 2.24) is 0 Å². The first-order chi connectivity index (χ1) is 25.5. The minimum Gasteiger partial charge on any atom is -0.394 e. The van der Waals surface area contributed by atoms with Gasteiger partial charge in [0.25, 0.3) is 0 Å². The second-order valence-electron chi connectivity index (χ2n) is 21.1. The molecule has 3 saturated heterocycles. The highest BCUT2D eigenvalue weighted by Gasteiger charge is 2.85. The topological polar surface area (TPSA) is 228 Å². The van der Waals surface area contributed by atoms with Gasteiger partial charge in [0.05, 0.1) is 48.8 Å². The third-order valence-electron chi connectivity index (χ3n) is 17.6. The van der Waals surface area contributed by atoms with Crippen LogP contribution in [0.25, 0.3) is 0 Å². The summed E-state index contributed by atoms with van der Waals surface area (Å²) in [7, 11) is 0. The van der Waals surface area contributed by atoms with Crippen LogP contribution in [0, 0.1) is 44.8 Å². The lowest BCUT2D eigenvalue weighted by molar-refractivity contribution is -0.339. The molecule has 3 aliphatic heterocycles. The number of aliphatic hydroxyl groups is 9. The Kier molecular flexibility index (Phi) is 9.90. The molecule has 0 amide bonds. The Morgan fingerprint density at radius 3 is 2.05 bits per heavy atom. The molecule has 0 aromatic heterocycles. The zero-order chi connectivity index (χ0) is 40.1. The molecule has 21 atom stereocenters. The lowest BCUT2D eigenvalue weighted by Crippen LogP contribution is -2.65. The van der Waals surface area contributed by atoms with E-state index in [1.54, 1.807) is 13.8 Å². The van der Waals surface area contributed by atoms with Crippen LogP contribution < -0.4 is 0 Å². The van der Waals surface area contributed by atoms with Crippen molar-refractivity contribution < 1.29 is 69.6 Å². The normalized spacial score (nSPS) is 58.7.